The zero-order valence-electron chi connectivity index (χ0n) is 15.8. The maximum absolute atomic E-state index is 12.2. The molecule has 148 valence electrons. The maximum Gasteiger partial charge on any atom is 0.267 e. The monoisotopic (exact) mass is 392 g/mol. The summed E-state index contributed by atoms with van der Waals surface area (Å²) in [7, 11) is 1.60. The number of nitrogens with one attached hydrogen (secondary N) is 1. The van der Waals surface area contributed by atoms with Crippen molar-refractivity contribution in [2.45, 2.75) is 13.2 Å². The van der Waals surface area contributed by atoms with E-state index in [-0.39, 0.29) is 18.9 Å². The van der Waals surface area contributed by atoms with Crippen molar-refractivity contribution in [2.24, 2.45) is 0 Å². The SMILES string of the molecule is COc1ccc(CONC(=O)/C=C/c2cn(CC(=O)c3ccccc3)nn2)cc1. The van der Waals surface area contributed by atoms with Crippen molar-refractivity contribution < 1.29 is 19.2 Å². The standard InChI is InChI=1S/C21H20N4O4/c1-28-19-10-7-16(8-11-19)15-29-23-21(27)12-9-18-13-25(24-22-18)14-20(26)17-5-3-2-4-6-17/h2-13H,14-15H2,1H3,(H,23,27)/b12-9+. The third kappa shape index (κ3) is 6.12. The predicted octanol–water partition coefficient (Wildman–Crippen LogP) is 2.43. The molecule has 1 heterocycles. The Labute approximate surface area is 167 Å². The number of ketones is 1. The first kappa shape index (κ1) is 20.0. The number of rotatable bonds is 9. The van der Waals surface area contributed by atoms with Gasteiger partial charge in [0.1, 0.15) is 18.0 Å². The number of amides is 1. The number of hydroxylamine groups is 1. The molecule has 1 N–H and O–H groups in total. The van der Waals surface area contributed by atoms with Gasteiger partial charge in [-0.15, -0.1) is 5.10 Å². The van der Waals surface area contributed by atoms with Gasteiger partial charge in [-0.1, -0.05) is 47.7 Å². The van der Waals surface area contributed by atoms with Gasteiger partial charge in [0.2, 0.25) is 0 Å². The molecule has 0 aliphatic heterocycles. The van der Waals surface area contributed by atoms with Crippen LogP contribution < -0.4 is 10.2 Å². The van der Waals surface area contributed by atoms with Crippen LogP contribution in [-0.2, 0) is 22.8 Å². The Hall–Kier alpha value is -3.78. The van der Waals surface area contributed by atoms with Crippen LogP contribution in [0.4, 0.5) is 0 Å². The molecule has 8 nitrogen and oxygen atoms in total. The lowest BCUT2D eigenvalue weighted by molar-refractivity contribution is -0.129. The number of carbonyl (C=O) groups is 2. The molecule has 0 saturated carbocycles. The highest BCUT2D eigenvalue weighted by atomic mass is 16.6. The van der Waals surface area contributed by atoms with E-state index in [2.05, 4.69) is 15.8 Å². The summed E-state index contributed by atoms with van der Waals surface area (Å²) in [5.74, 6) is 0.239. The van der Waals surface area contributed by atoms with E-state index < -0.39 is 5.91 Å². The number of hydrogen-bond acceptors (Lipinski definition) is 6. The van der Waals surface area contributed by atoms with Gasteiger partial charge in [-0.25, -0.2) is 10.2 Å². The average Bonchev–Trinajstić information content (AvgIpc) is 3.20. The fraction of sp³-hybridized carbons (Fsp3) is 0.143. The van der Waals surface area contributed by atoms with Crippen LogP contribution in [0.1, 0.15) is 21.6 Å². The van der Waals surface area contributed by atoms with Crippen molar-refractivity contribution in [1.82, 2.24) is 20.5 Å². The molecule has 0 bridgehead atoms. The Balaban J connectivity index is 1.44. The van der Waals surface area contributed by atoms with Crippen molar-refractivity contribution in [3.63, 3.8) is 0 Å². The molecule has 0 fully saturated rings. The van der Waals surface area contributed by atoms with Crippen LogP contribution in [0.25, 0.3) is 6.08 Å². The quantitative estimate of drug-likeness (QED) is 0.341. The van der Waals surface area contributed by atoms with E-state index in [1.807, 2.05) is 30.3 Å². The van der Waals surface area contributed by atoms with E-state index in [4.69, 9.17) is 9.57 Å². The molecule has 1 amide bonds. The van der Waals surface area contributed by atoms with Crippen LogP contribution in [0.3, 0.4) is 0 Å². The van der Waals surface area contributed by atoms with E-state index in [1.165, 1.54) is 16.8 Å². The Kier molecular flexibility index (Phi) is 6.85. The first-order valence-corrected chi connectivity index (χ1v) is 8.85. The largest absolute Gasteiger partial charge is 0.497 e. The fourth-order valence-electron chi connectivity index (χ4n) is 2.44. The third-order valence-electron chi connectivity index (χ3n) is 3.93. The number of methoxy groups -OCH3 is 1. The van der Waals surface area contributed by atoms with Crippen molar-refractivity contribution in [3.05, 3.63) is 83.7 Å². The molecular weight excluding hydrogens is 372 g/mol. The minimum atomic E-state index is -0.437. The molecule has 1 aromatic heterocycles. The topological polar surface area (TPSA) is 95.3 Å². The number of ether oxygens (including phenoxy) is 1. The van der Waals surface area contributed by atoms with Gasteiger partial charge in [0.25, 0.3) is 5.91 Å². The summed E-state index contributed by atoms with van der Waals surface area (Å²) >= 11 is 0. The maximum atomic E-state index is 12.2. The number of hydrogen-bond donors (Lipinski definition) is 1. The minimum absolute atomic E-state index is 0.0715. The molecule has 0 aliphatic carbocycles. The van der Waals surface area contributed by atoms with Crippen molar-refractivity contribution in [3.8, 4) is 5.75 Å². The van der Waals surface area contributed by atoms with Gasteiger partial charge in [-0.3, -0.25) is 14.4 Å². The number of carbonyl (C=O) groups excluding carboxylic acids is 2. The van der Waals surface area contributed by atoms with E-state index in [9.17, 15) is 9.59 Å². The molecule has 0 aliphatic rings. The average molecular weight is 392 g/mol. The Bertz CT molecular complexity index is 981. The fourth-order valence-corrected chi connectivity index (χ4v) is 2.44. The summed E-state index contributed by atoms with van der Waals surface area (Å²) in [6.45, 7) is 0.295. The second kappa shape index (κ2) is 9.95. The zero-order chi connectivity index (χ0) is 20.5. The highest BCUT2D eigenvalue weighted by molar-refractivity contribution is 5.95. The van der Waals surface area contributed by atoms with Gasteiger partial charge in [-0.05, 0) is 23.8 Å². The van der Waals surface area contributed by atoms with Gasteiger partial charge in [0.15, 0.2) is 5.78 Å². The Morgan fingerprint density at radius 1 is 1.10 bits per heavy atom. The van der Waals surface area contributed by atoms with Gasteiger partial charge in [0, 0.05) is 11.6 Å². The van der Waals surface area contributed by atoms with Crippen molar-refractivity contribution >= 4 is 17.8 Å². The van der Waals surface area contributed by atoms with Gasteiger partial charge in [0.05, 0.1) is 19.9 Å². The van der Waals surface area contributed by atoms with Crippen LogP contribution in [0.5, 0.6) is 5.75 Å². The lowest BCUT2D eigenvalue weighted by Crippen LogP contribution is -2.21. The van der Waals surface area contributed by atoms with E-state index >= 15 is 0 Å². The van der Waals surface area contributed by atoms with Gasteiger partial charge < -0.3 is 4.74 Å². The molecule has 3 aromatic rings. The molecule has 0 radical (unpaired) electrons. The Morgan fingerprint density at radius 2 is 1.86 bits per heavy atom. The van der Waals surface area contributed by atoms with Crippen LogP contribution in [0, 0.1) is 0 Å². The summed E-state index contributed by atoms with van der Waals surface area (Å²) in [6, 6.07) is 16.3. The molecule has 8 heteroatoms. The highest BCUT2D eigenvalue weighted by Crippen LogP contribution is 2.11. The summed E-state index contributed by atoms with van der Waals surface area (Å²) < 4.78 is 6.50. The lowest BCUT2D eigenvalue weighted by atomic mass is 10.1. The summed E-state index contributed by atoms with van der Waals surface area (Å²) in [5, 5.41) is 7.82. The van der Waals surface area contributed by atoms with Crippen molar-refractivity contribution in [1.29, 1.82) is 0 Å². The summed E-state index contributed by atoms with van der Waals surface area (Å²) in [4.78, 5) is 29.2. The second-order valence-corrected chi connectivity index (χ2v) is 6.07. The molecular formula is C21H20N4O4. The van der Waals surface area contributed by atoms with Crippen LogP contribution in [-0.4, -0.2) is 33.8 Å². The molecule has 2 aromatic carbocycles. The minimum Gasteiger partial charge on any atom is -0.497 e. The number of Topliss-reactive ketones (excluding diaryl/α,β-unsaturated/α-hetero) is 1. The molecule has 0 atom stereocenters. The van der Waals surface area contributed by atoms with E-state index in [0.717, 1.165) is 11.3 Å². The first-order chi connectivity index (χ1) is 14.1. The smallest absolute Gasteiger partial charge is 0.267 e. The van der Waals surface area contributed by atoms with Crippen LogP contribution in [0.15, 0.2) is 66.9 Å². The molecule has 0 saturated heterocycles. The predicted molar refractivity (Wildman–Crippen MR) is 106 cm³/mol. The lowest BCUT2D eigenvalue weighted by Gasteiger charge is -2.04. The van der Waals surface area contributed by atoms with Gasteiger partial charge >= 0.3 is 0 Å². The molecule has 29 heavy (non-hydrogen) atoms. The number of benzene rings is 2. The Morgan fingerprint density at radius 3 is 2.59 bits per heavy atom. The van der Waals surface area contributed by atoms with Crippen LogP contribution >= 0.6 is 0 Å². The summed E-state index contributed by atoms with van der Waals surface area (Å²) in [6.07, 6.45) is 4.35. The normalized spacial score (nSPS) is 10.8. The first-order valence-electron chi connectivity index (χ1n) is 8.85. The zero-order valence-corrected chi connectivity index (χ0v) is 15.8. The molecule has 3 rings (SSSR count). The van der Waals surface area contributed by atoms with Crippen LogP contribution in [0.2, 0.25) is 0 Å². The van der Waals surface area contributed by atoms with E-state index in [0.29, 0.717) is 11.3 Å². The summed E-state index contributed by atoms with van der Waals surface area (Å²) in [5.41, 5.74) is 4.27. The van der Waals surface area contributed by atoms with Crippen molar-refractivity contribution in [2.75, 3.05) is 7.11 Å². The van der Waals surface area contributed by atoms with E-state index in [1.54, 1.807) is 37.6 Å². The third-order valence-corrected chi connectivity index (χ3v) is 3.93. The number of aromatic nitrogens is 3. The van der Waals surface area contributed by atoms with Gasteiger partial charge in [-0.2, -0.15) is 0 Å². The highest BCUT2D eigenvalue weighted by Gasteiger charge is 2.07. The molecule has 0 unspecified atom stereocenters. The molecule has 0 spiro atoms. The second-order valence-electron chi connectivity index (χ2n) is 6.07. The number of nitrogens with zero attached hydrogens (tertiary/aromatic N) is 3.